The fraction of sp³-hybridized carbons (Fsp3) is 0.476. The molecule has 0 aliphatic heterocycles. The Labute approximate surface area is 237 Å². The predicted octanol–water partition coefficient (Wildman–Crippen LogP) is 7.27. The quantitative estimate of drug-likeness (QED) is 0.144. The number of amides is 1. The first-order valence-corrected chi connectivity index (χ1v) is 11.3. The minimum absolute atomic E-state index is 0.288. The van der Waals surface area contributed by atoms with Crippen LogP contribution in [-0.2, 0) is 9.53 Å². The van der Waals surface area contributed by atoms with Crippen LogP contribution in [0.1, 0.15) is 17.3 Å². The van der Waals surface area contributed by atoms with Crippen molar-refractivity contribution in [1.82, 2.24) is 9.78 Å². The van der Waals surface area contributed by atoms with Gasteiger partial charge in [0, 0.05) is 0 Å². The van der Waals surface area contributed by atoms with E-state index >= 15 is 0 Å². The molecule has 0 spiro atoms. The third-order valence-electron chi connectivity index (χ3n) is 5.50. The highest BCUT2D eigenvalue weighted by Gasteiger charge is 2.95. The normalized spacial score (nSPS) is 14.4. The number of rotatable bonds is 12. The van der Waals surface area contributed by atoms with Crippen LogP contribution in [0.25, 0.3) is 5.69 Å². The minimum Gasteiger partial charge on any atom is -0.462 e. The molecule has 23 heteroatoms. The third-order valence-corrected chi connectivity index (χ3v) is 5.74. The van der Waals surface area contributed by atoms with Crippen molar-refractivity contribution in [2.45, 2.75) is 53.8 Å². The van der Waals surface area contributed by atoms with Crippen molar-refractivity contribution in [3.8, 4) is 5.69 Å². The zero-order valence-electron chi connectivity index (χ0n) is 20.7. The van der Waals surface area contributed by atoms with Crippen LogP contribution in [0.5, 0.6) is 0 Å². The van der Waals surface area contributed by atoms with Crippen molar-refractivity contribution in [2.24, 2.45) is 0 Å². The fourth-order valence-corrected chi connectivity index (χ4v) is 3.20. The van der Waals surface area contributed by atoms with E-state index in [4.69, 9.17) is 0 Å². The number of para-hydroxylation sites is 1. The molecule has 0 fully saturated rings. The number of nitrogens with one attached hydrogen (secondary N) is 1. The Bertz CT molecular complexity index is 1380. The molecule has 0 unspecified atom stereocenters. The van der Waals surface area contributed by atoms with Gasteiger partial charge in [-0.25, -0.2) is 9.48 Å². The van der Waals surface area contributed by atoms with E-state index in [1.807, 2.05) is 0 Å². The largest absolute Gasteiger partial charge is 0.462 e. The number of nitrogens with zero attached hydrogens (tertiary/aromatic N) is 2. The lowest BCUT2D eigenvalue weighted by molar-refractivity contribution is -0.445. The van der Waals surface area contributed by atoms with E-state index in [2.05, 4.69) is 21.4 Å². The zero-order chi connectivity index (χ0) is 34.5. The third kappa shape index (κ3) is 5.27. The number of aromatic nitrogens is 2. The molecule has 0 atom stereocenters. The molecular formula is C21H12ClF16N3O3. The fourth-order valence-electron chi connectivity index (χ4n) is 3.08. The van der Waals surface area contributed by atoms with E-state index in [0.717, 1.165) is 17.4 Å². The molecule has 1 amide bonds. The van der Waals surface area contributed by atoms with E-state index in [9.17, 15) is 79.8 Å². The Morgan fingerprint density at radius 2 is 1.18 bits per heavy atom. The van der Waals surface area contributed by atoms with Gasteiger partial charge in [-0.1, -0.05) is 18.2 Å². The summed E-state index contributed by atoms with van der Waals surface area (Å²) in [5.41, 5.74) is -1.36. The number of carbonyl (C=O) groups excluding carboxylic acids is 2. The van der Waals surface area contributed by atoms with Crippen LogP contribution in [0.2, 0.25) is 0 Å². The zero-order valence-corrected chi connectivity index (χ0v) is 21.5. The minimum atomic E-state index is -8.75. The number of ether oxygens (including phenoxy) is 1. The second-order valence-electron chi connectivity index (χ2n) is 8.35. The summed E-state index contributed by atoms with van der Waals surface area (Å²) in [6.45, 7) is 0.712. The van der Waals surface area contributed by atoms with E-state index in [-0.39, 0.29) is 5.69 Å². The van der Waals surface area contributed by atoms with Crippen LogP contribution < -0.4 is 5.32 Å². The summed E-state index contributed by atoms with van der Waals surface area (Å²) >= 11 is 3.47. The molecule has 6 nitrogen and oxygen atoms in total. The molecule has 0 aliphatic rings. The smallest absolute Gasteiger partial charge is 0.393 e. The Morgan fingerprint density at radius 3 is 1.61 bits per heavy atom. The van der Waals surface area contributed by atoms with Gasteiger partial charge in [0.15, 0.2) is 5.82 Å². The first kappa shape index (κ1) is 36.7. The average Bonchev–Trinajstić information content (AvgIpc) is 3.31. The van der Waals surface area contributed by atoms with Gasteiger partial charge in [-0.05, 0) is 30.7 Å². The lowest BCUT2D eigenvalue weighted by Gasteiger charge is -2.42. The van der Waals surface area contributed by atoms with E-state index in [0.29, 0.717) is 10.9 Å². The Kier molecular flexibility index (Phi) is 9.32. The number of hydrogen-bond acceptors (Lipinski definition) is 4. The maximum atomic E-state index is 14.5. The van der Waals surface area contributed by atoms with Crippen molar-refractivity contribution in [3.63, 3.8) is 0 Å². The Hall–Kier alpha value is -3.46. The van der Waals surface area contributed by atoms with E-state index in [1.165, 1.54) is 25.1 Å². The van der Waals surface area contributed by atoms with Crippen molar-refractivity contribution in [1.29, 1.82) is 0 Å². The number of carbonyl (C=O) groups is 2. The van der Waals surface area contributed by atoms with Crippen LogP contribution in [0, 0.1) is 0 Å². The molecule has 0 saturated carbocycles. The van der Waals surface area contributed by atoms with E-state index in [1.54, 1.807) is 0 Å². The lowest BCUT2D eigenvalue weighted by atomic mass is 9.89. The topological polar surface area (TPSA) is 73.2 Å². The van der Waals surface area contributed by atoms with Crippen LogP contribution in [-0.4, -0.2) is 75.1 Å². The van der Waals surface area contributed by atoms with Gasteiger partial charge in [-0.2, -0.15) is 75.3 Å². The van der Waals surface area contributed by atoms with Crippen molar-refractivity contribution in [3.05, 3.63) is 42.1 Å². The molecule has 0 bridgehead atoms. The van der Waals surface area contributed by atoms with Gasteiger partial charge in [0.1, 0.15) is 5.56 Å². The van der Waals surface area contributed by atoms with Crippen LogP contribution in [0.3, 0.4) is 0 Å². The monoisotopic (exact) mass is 693 g/mol. The number of halogens is 17. The van der Waals surface area contributed by atoms with Crippen LogP contribution >= 0.6 is 11.6 Å². The lowest BCUT2D eigenvalue weighted by Crippen LogP contribution is -2.75. The second kappa shape index (κ2) is 11.2. The van der Waals surface area contributed by atoms with Gasteiger partial charge in [-0.15, -0.1) is 0 Å². The van der Waals surface area contributed by atoms with Gasteiger partial charge in [0.25, 0.3) is 0 Å². The highest BCUT2D eigenvalue weighted by Crippen LogP contribution is 2.64. The SMILES string of the molecule is CCOC(=O)c1cnn(-c2ccccc2)c1NC(=O)C(F)(F)C(F)(F)C(F)(F)C(F)(F)C(F)(F)C(F)(F)C(F)(F)C(F)(F)Cl. The van der Waals surface area contributed by atoms with Crippen molar-refractivity contribution in [2.75, 3.05) is 11.9 Å². The summed E-state index contributed by atoms with van der Waals surface area (Å²) in [4.78, 5) is 24.2. The van der Waals surface area contributed by atoms with Crippen LogP contribution in [0.4, 0.5) is 76.1 Å². The summed E-state index contributed by atoms with van der Waals surface area (Å²) < 4.78 is 225. The summed E-state index contributed by atoms with van der Waals surface area (Å²) in [5, 5.41) is -2.71. The number of esters is 1. The van der Waals surface area contributed by atoms with Gasteiger partial charge in [0.05, 0.1) is 18.5 Å². The van der Waals surface area contributed by atoms with Crippen molar-refractivity contribution >= 4 is 29.3 Å². The van der Waals surface area contributed by atoms with Crippen LogP contribution in [0.15, 0.2) is 36.5 Å². The Morgan fingerprint density at radius 1 is 0.750 bits per heavy atom. The highest BCUT2D eigenvalue weighted by atomic mass is 35.5. The second-order valence-corrected chi connectivity index (χ2v) is 8.82. The number of hydrogen-bond donors (Lipinski definition) is 1. The summed E-state index contributed by atoms with van der Waals surface area (Å²) in [6.07, 6.45) is 0.440. The average molecular weight is 694 g/mol. The highest BCUT2D eigenvalue weighted by molar-refractivity contribution is 6.22. The maximum absolute atomic E-state index is 14.5. The van der Waals surface area contributed by atoms with Gasteiger partial charge in [-0.3, -0.25) is 4.79 Å². The van der Waals surface area contributed by atoms with Gasteiger partial charge >= 0.3 is 58.7 Å². The molecule has 0 saturated heterocycles. The molecule has 44 heavy (non-hydrogen) atoms. The summed E-state index contributed by atoms with van der Waals surface area (Å²) in [7, 11) is 0. The van der Waals surface area contributed by atoms with Gasteiger partial charge in [0.2, 0.25) is 0 Å². The van der Waals surface area contributed by atoms with Crippen molar-refractivity contribution < 1.29 is 84.6 Å². The number of anilines is 1. The molecule has 1 aromatic heterocycles. The molecular weight excluding hydrogens is 682 g/mol. The van der Waals surface area contributed by atoms with Gasteiger partial charge < -0.3 is 10.1 Å². The number of alkyl halides is 17. The van der Waals surface area contributed by atoms with E-state index < -0.39 is 76.7 Å². The summed E-state index contributed by atoms with van der Waals surface area (Å²) in [5.74, 6) is -64.7. The summed E-state index contributed by atoms with van der Waals surface area (Å²) in [6, 6.07) is 5.86. The predicted molar refractivity (Wildman–Crippen MR) is 114 cm³/mol. The standard InChI is InChI=1S/C21H12ClF16N3O3/c1-2-44-12(42)10-8-39-41(9-6-4-3-5-7-9)11(10)40-13(43)14(23,24)15(25,26)16(27,28)17(29,30)18(31,32)19(33,34)20(35,36)21(22,37)38/h3-8H,2H2,1H3,(H,40,43). The number of benzene rings is 1. The molecule has 2 aromatic rings. The first-order valence-electron chi connectivity index (χ1n) is 10.9. The molecule has 1 aromatic carbocycles. The molecule has 0 radical (unpaired) electrons. The molecule has 2 rings (SSSR count). The molecule has 1 N–H and O–H groups in total. The first-order chi connectivity index (χ1) is 19.6. The molecule has 1 heterocycles. The molecule has 0 aliphatic carbocycles. The maximum Gasteiger partial charge on any atom is 0.393 e. The molecule has 248 valence electrons. The Balaban J connectivity index is 2.65.